The van der Waals surface area contributed by atoms with E-state index in [1.807, 2.05) is 12.1 Å². The number of aryl methyl sites for hydroxylation is 1. The Morgan fingerprint density at radius 3 is 2.15 bits per heavy atom. The molecule has 0 N–H and O–H groups in total. The third-order valence-corrected chi connectivity index (χ3v) is 1.62. The molecule has 0 saturated carbocycles. The fraction of sp³-hybridized carbons (Fsp3) is 0.300. The van der Waals surface area contributed by atoms with Gasteiger partial charge >= 0.3 is 23.1 Å². The summed E-state index contributed by atoms with van der Waals surface area (Å²) < 4.78 is 5.03. The average molecular weight is 209 g/mol. The minimum absolute atomic E-state index is 0. The summed E-state index contributed by atoms with van der Waals surface area (Å²) in [6.07, 6.45) is 2.00. The first-order valence-corrected chi connectivity index (χ1v) is 3.79. The second-order valence-corrected chi connectivity index (χ2v) is 2.45. The van der Waals surface area contributed by atoms with Crippen molar-refractivity contribution in [3.8, 4) is 5.75 Å². The monoisotopic (exact) mass is 208 g/mol. The van der Waals surface area contributed by atoms with Crippen LogP contribution in [-0.4, -0.2) is 30.2 Å². The molecule has 1 nitrogen and oxygen atoms in total. The van der Waals surface area contributed by atoms with Crippen molar-refractivity contribution in [1.29, 1.82) is 0 Å². The number of ether oxygens (including phenoxy) is 1. The maximum absolute atomic E-state index is 5.03. The Bertz CT molecular complexity index is 211. The molecule has 0 unspecified atom stereocenters. The van der Waals surface area contributed by atoms with Crippen LogP contribution in [0, 0.1) is 6.92 Å². The molecule has 0 aliphatic heterocycles. The van der Waals surface area contributed by atoms with E-state index < -0.39 is 0 Å². The molecule has 0 fully saturated rings. The van der Waals surface area contributed by atoms with Gasteiger partial charge in [-0.05, 0) is 12.1 Å². The standard InChI is InChI=1S/C10H13O.ClH.Mg/c1-3-4-9-5-7-10(11-2)8-6-9;;/h5-8H,1,3-4H2,2H3;1H;/q-1;;+2/p-1. The van der Waals surface area contributed by atoms with Crippen LogP contribution in [0.25, 0.3) is 0 Å². The SMILES string of the molecule is [CH2-]CCc1ccc(OC)cc1.[Cl-].[Mg+2]. The molecule has 1 aromatic rings. The van der Waals surface area contributed by atoms with Crippen LogP contribution in [0.1, 0.15) is 12.0 Å². The zero-order chi connectivity index (χ0) is 8.10. The molecule has 1 rings (SSSR count). The molecule has 13 heavy (non-hydrogen) atoms. The third-order valence-electron chi connectivity index (χ3n) is 1.62. The van der Waals surface area contributed by atoms with E-state index >= 15 is 0 Å². The summed E-state index contributed by atoms with van der Waals surface area (Å²) in [4.78, 5) is 0. The third kappa shape index (κ3) is 5.39. The summed E-state index contributed by atoms with van der Waals surface area (Å²) in [5.74, 6) is 0.915. The van der Waals surface area contributed by atoms with Crippen molar-refractivity contribution >= 4 is 23.1 Å². The fourth-order valence-electron chi connectivity index (χ4n) is 0.996. The summed E-state index contributed by atoms with van der Waals surface area (Å²) in [6.45, 7) is 3.79. The molecule has 0 heterocycles. The van der Waals surface area contributed by atoms with Crippen molar-refractivity contribution in [2.45, 2.75) is 12.8 Å². The molecule has 0 bridgehead atoms. The summed E-state index contributed by atoms with van der Waals surface area (Å²) in [5, 5.41) is 0. The van der Waals surface area contributed by atoms with Crippen molar-refractivity contribution < 1.29 is 17.1 Å². The normalized spacial score (nSPS) is 8.15. The van der Waals surface area contributed by atoms with Crippen LogP contribution >= 0.6 is 0 Å². The van der Waals surface area contributed by atoms with E-state index in [-0.39, 0.29) is 35.5 Å². The van der Waals surface area contributed by atoms with Crippen molar-refractivity contribution in [3.63, 3.8) is 0 Å². The van der Waals surface area contributed by atoms with Crippen molar-refractivity contribution in [3.05, 3.63) is 36.8 Å². The van der Waals surface area contributed by atoms with Gasteiger partial charge in [0.25, 0.3) is 0 Å². The summed E-state index contributed by atoms with van der Waals surface area (Å²) >= 11 is 0. The Hall–Kier alpha value is 0.0762. The van der Waals surface area contributed by atoms with Crippen molar-refractivity contribution in [1.82, 2.24) is 0 Å². The van der Waals surface area contributed by atoms with E-state index in [0.717, 1.165) is 18.6 Å². The van der Waals surface area contributed by atoms with Gasteiger partial charge in [-0.15, -0.1) is 0 Å². The van der Waals surface area contributed by atoms with Gasteiger partial charge in [-0.1, -0.05) is 24.1 Å². The van der Waals surface area contributed by atoms with Gasteiger partial charge in [-0.3, -0.25) is 0 Å². The van der Waals surface area contributed by atoms with E-state index in [2.05, 4.69) is 19.1 Å². The van der Waals surface area contributed by atoms with Crippen molar-refractivity contribution in [2.24, 2.45) is 0 Å². The predicted octanol–water partition coefficient (Wildman–Crippen LogP) is -0.915. The summed E-state index contributed by atoms with van der Waals surface area (Å²) in [5.41, 5.74) is 1.32. The number of hydrogen-bond donors (Lipinski definition) is 0. The van der Waals surface area contributed by atoms with E-state index in [1.54, 1.807) is 7.11 Å². The molecule has 0 spiro atoms. The molecule has 1 aromatic carbocycles. The molecule has 0 atom stereocenters. The first-order chi connectivity index (χ1) is 5.36. The average Bonchev–Trinajstić information content (AvgIpc) is 2.07. The molecular weight excluding hydrogens is 196 g/mol. The van der Waals surface area contributed by atoms with Gasteiger partial charge in [0.15, 0.2) is 0 Å². The van der Waals surface area contributed by atoms with Gasteiger partial charge in [0.05, 0.1) is 7.11 Å². The van der Waals surface area contributed by atoms with Gasteiger partial charge in [0, 0.05) is 0 Å². The quantitative estimate of drug-likeness (QED) is 0.462. The Morgan fingerprint density at radius 1 is 1.23 bits per heavy atom. The smallest absolute Gasteiger partial charge is 1.00 e. The van der Waals surface area contributed by atoms with Crippen LogP contribution in [-0.2, 0) is 6.42 Å². The number of halogens is 1. The Morgan fingerprint density at radius 2 is 1.77 bits per heavy atom. The van der Waals surface area contributed by atoms with E-state index in [0.29, 0.717) is 0 Å². The zero-order valence-corrected chi connectivity index (χ0v) is 10.1. The van der Waals surface area contributed by atoms with E-state index in [4.69, 9.17) is 4.74 Å². The number of benzene rings is 1. The van der Waals surface area contributed by atoms with Gasteiger partial charge in [0.1, 0.15) is 5.75 Å². The van der Waals surface area contributed by atoms with Gasteiger partial charge in [0.2, 0.25) is 0 Å². The summed E-state index contributed by atoms with van der Waals surface area (Å²) in [7, 11) is 1.68. The first-order valence-electron chi connectivity index (χ1n) is 3.79. The van der Waals surface area contributed by atoms with Crippen molar-refractivity contribution in [2.75, 3.05) is 7.11 Å². The van der Waals surface area contributed by atoms with Crippen LogP contribution in [0.3, 0.4) is 0 Å². The maximum Gasteiger partial charge on any atom is 2.00 e. The van der Waals surface area contributed by atoms with Gasteiger partial charge < -0.3 is 24.1 Å². The predicted molar refractivity (Wildman–Crippen MR) is 52.4 cm³/mol. The first kappa shape index (κ1) is 15.5. The summed E-state index contributed by atoms with van der Waals surface area (Å²) in [6, 6.07) is 8.10. The molecule has 0 aliphatic carbocycles. The van der Waals surface area contributed by atoms with Gasteiger partial charge in [-0.25, -0.2) is 0 Å². The van der Waals surface area contributed by atoms with Crippen LogP contribution in [0.2, 0.25) is 0 Å². The molecule has 0 radical (unpaired) electrons. The molecular formula is C10H13ClMgO. The van der Waals surface area contributed by atoms with Crippen LogP contribution < -0.4 is 17.1 Å². The molecule has 3 heteroatoms. The topological polar surface area (TPSA) is 9.23 Å². The second-order valence-electron chi connectivity index (χ2n) is 2.45. The molecule has 0 amide bonds. The maximum atomic E-state index is 5.03. The minimum atomic E-state index is 0. The van der Waals surface area contributed by atoms with E-state index in [9.17, 15) is 0 Å². The number of methoxy groups -OCH3 is 1. The van der Waals surface area contributed by atoms with Crippen LogP contribution in [0.4, 0.5) is 0 Å². The molecule has 0 saturated heterocycles. The Kier molecular flexibility index (Phi) is 10.4. The van der Waals surface area contributed by atoms with Crippen LogP contribution in [0.5, 0.6) is 5.75 Å². The Labute approximate surface area is 102 Å². The van der Waals surface area contributed by atoms with Crippen LogP contribution in [0.15, 0.2) is 24.3 Å². The molecule has 68 valence electrons. The number of hydrogen-bond acceptors (Lipinski definition) is 1. The zero-order valence-electron chi connectivity index (χ0n) is 7.92. The largest absolute Gasteiger partial charge is 2.00 e. The minimum Gasteiger partial charge on any atom is -1.00 e. The fourth-order valence-corrected chi connectivity index (χ4v) is 0.996. The molecule has 0 aromatic heterocycles. The Balaban J connectivity index is 0. The van der Waals surface area contributed by atoms with E-state index in [1.165, 1.54) is 5.56 Å². The number of rotatable bonds is 3. The van der Waals surface area contributed by atoms with Gasteiger partial charge in [-0.2, -0.15) is 6.42 Å². The second kappa shape index (κ2) is 8.66. The molecule has 0 aliphatic rings.